The lowest BCUT2D eigenvalue weighted by Gasteiger charge is -2.09. The Balaban J connectivity index is 1.99. The molecule has 0 radical (unpaired) electrons. The van der Waals surface area contributed by atoms with Gasteiger partial charge in [0.15, 0.2) is 11.5 Å². The van der Waals surface area contributed by atoms with Crippen LogP contribution in [-0.4, -0.2) is 30.1 Å². The molecule has 0 bridgehead atoms. The smallest absolute Gasteiger partial charge is 0.224 e. The molecule has 0 saturated heterocycles. The minimum absolute atomic E-state index is 0.0202. The van der Waals surface area contributed by atoms with E-state index in [9.17, 15) is 4.79 Å². The van der Waals surface area contributed by atoms with Crippen molar-refractivity contribution in [2.24, 2.45) is 0 Å². The molecule has 136 valence electrons. The number of amides is 1. The quantitative estimate of drug-likeness (QED) is 0.693. The summed E-state index contributed by atoms with van der Waals surface area (Å²) in [5.41, 5.74) is 4.36. The number of hydrogen-bond acceptors (Lipinski definition) is 4. The summed E-state index contributed by atoms with van der Waals surface area (Å²) in [6.45, 7) is 3.96. The first-order chi connectivity index (χ1) is 12.5. The number of aryl methyl sites for hydroxylation is 1. The van der Waals surface area contributed by atoms with Crippen LogP contribution in [0.25, 0.3) is 22.4 Å². The number of hydrogen-bond donors (Lipinski definition) is 2. The minimum Gasteiger partial charge on any atom is -0.493 e. The first kappa shape index (κ1) is 17.8. The van der Waals surface area contributed by atoms with E-state index in [4.69, 9.17) is 9.47 Å². The number of carbonyl (C=O) groups is 1. The third kappa shape index (κ3) is 3.49. The predicted octanol–water partition coefficient (Wildman–Crippen LogP) is 4.29. The molecule has 2 aromatic carbocycles. The fourth-order valence-electron chi connectivity index (χ4n) is 2.82. The monoisotopic (exact) mass is 353 g/mol. The Hall–Kier alpha value is -3.02. The van der Waals surface area contributed by atoms with Crippen molar-refractivity contribution in [3.63, 3.8) is 0 Å². The molecular weight excluding hydrogens is 330 g/mol. The van der Waals surface area contributed by atoms with Crippen molar-refractivity contribution in [3.8, 4) is 22.9 Å². The number of ether oxygens (including phenoxy) is 2. The number of benzene rings is 2. The van der Waals surface area contributed by atoms with Crippen molar-refractivity contribution in [1.82, 2.24) is 9.97 Å². The largest absolute Gasteiger partial charge is 0.493 e. The van der Waals surface area contributed by atoms with Gasteiger partial charge < -0.3 is 19.8 Å². The summed E-state index contributed by atoms with van der Waals surface area (Å²) in [5.74, 6) is 2.02. The Kier molecular flexibility index (Phi) is 5.11. The van der Waals surface area contributed by atoms with Gasteiger partial charge in [-0.1, -0.05) is 19.1 Å². The molecule has 6 nitrogen and oxygen atoms in total. The summed E-state index contributed by atoms with van der Waals surface area (Å²) in [6.07, 6.45) is 1.33. The lowest BCUT2D eigenvalue weighted by Crippen LogP contribution is -2.11. The highest BCUT2D eigenvalue weighted by atomic mass is 16.5. The number of anilines is 1. The zero-order chi connectivity index (χ0) is 18.7. The lowest BCUT2D eigenvalue weighted by atomic mass is 10.1. The molecule has 3 rings (SSSR count). The van der Waals surface area contributed by atoms with E-state index < -0.39 is 0 Å². The van der Waals surface area contributed by atoms with Crippen molar-refractivity contribution < 1.29 is 14.3 Å². The van der Waals surface area contributed by atoms with Crippen LogP contribution in [-0.2, 0) is 4.79 Å². The molecule has 0 saturated carbocycles. The zero-order valence-corrected chi connectivity index (χ0v) is 15.5. The van der Waals surface area contributed by atoms with E-state index in [-0.39, 0.29) is 5.91 Å². The van der Waals surface area contributed by atoms with Crippen LogP contribution in [0.4, 0.5) is 5.69 Å². The van der Waals surface area contributed by atoms with Gasteiger partial charge in [0, 0.05) is 29.8 Å². The van der Waals surface area contributed by atoms with Gasteiger partial charge in [0.1, 0.15) is 5.82 Å². The van der Waals surface area contributed by atoms with Gasteiger partial charge in [0.25, 0.3) is 0 Å². The molecule has 1 heterocycles. The van der Waals surface area contributed by atoms with Gasteiger partial charge >= 0.3 is 0 Å². The number of fused-ring (bicyclic) bond motifs is 1. The number of imidazole rings is 1. The van der Waals surface area contributed by atoms with Crippen molar-refractivity contribution >= 4 is 22.6 Å². The third-order valence-corrected chi connectivity index (χ3v) is 4.25. The summed E-state index contributed by atoms with van der Waals surface area (Å²) in [4.78, 5) is 19.9. The van der Waals surface area contributed by atoms with Crippen LogP contribution in [0.3, 0.4) is 0 Å². The molecule has 1 aromatic heterocycles. The number of H-pyrrole nitrogens is 1. The molecular formula is C20H23N3O3. The maximum absolute atomic E-state index is 11.9. The van der Waals surface area contributed by atoms with Crippen LogP contribution in [0.1, 0.15) is 25.3 Å². The topological polar surface area (TPSA) is 76.2 Å². The van der Waals surface area contributed by atoms with E-state index in [1.165, 1.54) is 0 Å². The van der Waals surface area contributed by atoms with E-state index in [0.717, 1.165) is 40.1 Å². The van der Waals surface area contributed by atoms with Gasteiger partial charge in [-0.25, -0.2) is 4.98 Å². The number of aromatic amines is 1. The minimum atomic E-state index is 0.0202. The highest BCUT2D eigenvalue weighted by molar-refractivity contribution is 5.92. The summed E-state index contributed by atoms with van der Waals surface area (Å²) < 4.78 is 10.7. The number of carbonyl (C=O) groups excluding carboxylic acids is 1. The van der Waals surface area contributed by atoms with E-state index >= 15 is 0 Å². The molecule has 0 atom stereocenters. The predicted molar refractivity (Wildman–Crippen MR) is 103 cm³/mol. The maximum Gasteiger partial charge on any atom is 0.224 e. The second-order valence-electron chi connectivity index (χ2n) is 6.14. The van der Waals surface area contributed by atoms with E-state index in [1.54, 1.807) is 14.2 Å². The van der Waals surface area contributed by atoms with E-state index in [2.05, 4.69) is 15.3 Å². The number of rotatable bonds is 6. The molecule has 3 aromatic rings. The maximum atomic E-state index is 11.9. The van der Waals surface area contributed by atoms with Gasteiger partial charge in [0.05, 0.1) is 25.3 Å². The van der Waals surface area contributed by atoms with Crippen molar-refractivity contribution in [2.75, 3.05) is 19.5 Å². The van der Waals surface area contributed by atoms with Gasteiger partial charge in [-0.05, 0) is 25.0 Å². The highest BCUT2D eigenvalue weighted by Gasteiger charge is 2.12. The molecule has 6 heteroatoms. The first-order valence-corrected chi connectivity index (χ1v) is 8.58. The van der Waals surface area contributed by atoms with Crippen molar-refractivity contribution in [2.45, 2.75) is 26.7 Å². The number of nitrogens with one attached hydrogen (secondary N) is 2. The summed E-state index contributed by atoms with van der Waals surface area (Å²) in [5, 5.41) is 2.97. The molecule has 0 aliphatic carbocycles. The Labute approximate surface area is 152 Å². The Morgan fingerprint density at radius 3 is 2.58 bits per heavy atom. The van der Waals surface area contributed by atoms with E-state index in [0.29, 0.717) is 17.9 Å². The highest BCUT2D eigenvalue weighted by Crippen LogP contribution is 2.33. The molecule has 0 aliphatic heterocycles. The average Bonchev–Trinajstić information content (AvgIpc) is 3.05. The standard InChI is InChI=1S/C20H23N3O3/c1-5-6-19(24)21-14-9-13(8-7-12(14)2)20-22-15-10-17(25-3)18(26-4)11-16(15)23-20/h7-11H,5-6H2,1-4H3,(H,21,24)(H,22,23). The summed E-state index contributed by atoms with van der Waals surface area (Å²) in [6, 6.07) is 9.60. The molecule has 0 spiro atoms. The first-order valence-electron chi connectivity index (χ1n) is 8.58. The zero-order valence-electron chi connectivity index (χ0n) is 15.5. The Morgan fingerprint density at radius 1 is 1.15 bits per heavy atom. The molecule has 0 aliphatic rings. The Bertz CT molecular complexity index is 906. The molecule has 2 N–H and O–H groups in total. The fourth-order valence-corrected chi connectivity index (χ4v) is 2.82. The second kappa shape index (κ2) is 7.47. The number of methoxy groups -OCH3 is 2. The number of aromatic nitrogens is 2. The summed E-state index contributed by atoms with van der Waals surface area (Å²) >= 11 is 0. The Morgan fingerprint density at radius 2 is 1.88 bits per heavy atom. The molecule has 0 unspecified atom stereocenters. The average molecular weight is 353 g/mol. The van der Waals surface area contributed by atoms with Crippen LogP contribution in [0, 0.1) is 6.92 Å². The molecule has 1 amide bonds. The second-order valence-corrected chi connectivity index (χ2v) is 6.14. The lowest BCUT2D eigenvalue weighted by molar-refractivity contribution is -0.116. The van der Waals surface area contributed by atoms with Crippen LogP contribution in [0.5, 0.6) is 11.5 Å². The van der Waals surface area contributed by atoms with Crippen LogP contribution >= 0.6 is 0 Å². The SMILES string of the molecule is CCCC(=O)Nc1cc(-c2nc3cc(OC)c(OC)cc3[nH]2)ccc1C. The fraction of sp³-hybridized carbons (Fsp3) is 0.300. The number of nitrogens with zero attached hydrogens (tertiary/aromatic N) is 1. The molecule has 0 fully saturated rings. The molecule has 26 heavy (non-hydrogen) atoms. The summed E-state index contributed by atoms with van der Waals surface area (Å²) in [7, 11) is 3.20. The van der Waals surface area contributed by atoms with Gasteiger partial charge in [-0.15, -0.1) is 0 Å². The van der Waals surface area contributed by atoms with Crippen LogP contribution in [0.2, 0.25) is 0 Å². The van der Waals surface area contributed by atoms with Gasteiger partial charge in [-0.2, -0.15) is 0 Å². The third-order valence-electron chi connectivity index (χ3n) is 4.25. The van der Waals surface area contributed by atoms with E-state index in [1.807, 2.05) is 44.2 Å². The van der Waals surface area contributed by atoms with Crippen LogP contribution in [0.15, 0.2) is 30.3 Å². The van der Waals surface area contributed by atoms with Gasteiger partial charge in [-0.3, -0.25) is 4.79 Å². The normalized spacial score (nSPS) is 10.8. The van der Waals surface area contributed by atoms with Crippen LogP contribution < -0.4 is 14.8 Å². The van der Waals surface area contributed by atoms with Crippen molar-refractivity contribution in [1.29, 1.82) is 0 Å². The van der Waals surface area contributed by atoms with Crippen molar-refractivity contribution in [3.05, 3.63) is 35.9 Å². The van der Waals surface area contributed by atoms with Gasteiger partial charge in [0.2, 0.25) is 5.91 Å².